The fraction of sp³-hybridized carbons (Fsp3) is 0.129. The molecule has 0 aliphatic carbocycles. The number of ether oxygens (including phenoxy) is 1. The maximum Gasteiger partial charge on any atom is 0.295 e. The number of likely N-dealkylation sites (tertiary alicyclic amines) is 1. The molecule has 1 aliphatic heterocycles. The van der Waals surface area contributed by atoms with Crippen molar-refractivity contribution in [1.82, 2.24) is 9.88 Å². The maximum absolute atomic E-state index is 13.3. The van der Waals surface area contributed by atoms with Crippen LogP contribution in [-0.2, 0) is 22.7 Å². The van der Waals surface area contributed by atoms with E-state index in [1.807, 2.05) is 79.7 Å². The number of Topliss-reactive ketones (excluding diaryl/α,β-unsaturated/α-hetero) is 1. The molecule has 0 unspecified atom stereocenters. The maximum atomic E-state index is 13.3. The molecule has 1 saturated heterocycles. The second kappa shape index (κ2) is 10.5. The van der Waals surface area contributed by atoms with E-state index in [1.165, 1.54) is 4.90 Å². The van der Waals surface area contributed by atoms with Gasteiger partial charge in [0.2, 0.25) is 0 Å². The second-order valence-corrected chi connectivity index (χ2v) is 8.95. The van der Waals surface area contributed by atoms with Gasteiger partial charge in [0.25, 0.3) is 11.7 Å². The van der Waals surface area contributed by atoms with E-state index in [-0.39, 0.29) is 17.9 Å². The Morgan fingerprint density at radius 1 is 0.919 bits per heavy atom. The molecular formula is C31H26N2O4. The van der Waals surface area contributed by atoms with E-state index in [0.29, 0.717) is 17.9 Å². The zero-order valence-electron chi connectivity index (χ0n) is 20.4. The van der Waals surface area contributed by atoms with Crippen LogP contribution >= 0.6 is 0 Å². The highest BCUT2D eigenvalue weighted by atomic mass is 16.5. The molecule has 1 N–H and O–H groups in total. The number of hydrogen-bond acceptors (Lipinski definition) is 5. The molecule has 0 saturated carbocycles. The summed E-state index contributed by atoms with van der Waals surface area (Å²) in [6.07, 6.45) is 3.32. The minimum absolute atomic E-state index is 0.0705. The molecule has 3 aromatic carbocycles. The van der Waals surface area contributed by atoms with Crippen molar-refractivity contribution in [3.05, 3.63) is 137 Å². The quantitative estimate of drug-likeness (QED) is 0.208. The van der Waals surface area contributed by atoms with Gasteiger partial charge in [-0.25, -0.2) is 0 Å². The summed E-state index contributed by atoms with van der Waals surface area (Å²) in [5.74, 6) is -0.915. The summed E-state index contributed by atoms with van der Waals surface area (Å²) in [7, 11) is 0. The van der Waals surface area contributed by atoms with Gasteiger partial charge in [0, 0.05) is 24.5 Å². The van der Waals surface area contributed by atoms with E-state index in [9.17, 15) is 14.7 Å². The van der Waals surface area contributed by atoms with Gasteiger partial charge in [-0.3, -0.25) is 14.6 Å². The third-order valence-electron chi connectivity index (χ3n) is 6.43. The Labute approximate surface area is 215 Å². The number of carbonyl (C=O) groups excluding carboxylic acids is 2. The molecule has 37 heavy (non-hydrogen) atoms. The lowest BCUT2D eigenvalue weighted by Gasteiger charge is -2.25. The molecule has 5 rings (SSSR count). The number of aryl methyl sites for hydroxylation is 1. The minimum Gasteiger partial charge on any atom is -0.507 e. The Kier molecular flexibility index (Phi) is 6.81. The first-order valence-corrected chi connectivity index (χ1v) is 12.0. The number of nitrogens with zero attached hydrogens (tertiary/aromatic N) is 2. The van der Waals surface area contributed by atoms with Gasteiger partial charge in [-0.2, -0.15) is 0 Å². The number of benzene rings is 3. The number of aromatic nitrogens is 1. The van der Waals surface area contributed by atoms with Gasteiger partial charge in [-0.1, -0.05) is 66.7 Å². The second-order valence-electron chi connectivity index (χ2n) is 8.95. The molecule has 0 bridgehead atoms. The van der Waals surface area contributed by atoms with E-state index < -0.39 is 17.7 Å². The van der Waals surface area contributed by atoms with Crippen molar-refractivity contribution >= 4 is 17.4 Å². The number of carbonyl (C=O) groups is 2. The largest absolute Gasteiger partial charge is 0.507 e. The molecule has 1 amide bonds. The lowest BCUT2D eigenvalue weighted by Crippen LogP contribution is -2.29. The molecule has 0 spiro atoms. The Bertz CT molecular complexity index is 1450. The van der Waals surface area contributed by atoms with Crippen molar-refractivity contribution in [3.8, 4) is 5.75 Å². The summed E-state index contributed by atoms with van der Waals surface area (Å²) in [5, 5.41) is 11.4. The topological polar surface area (TPSA) is 79.7 Å². The van der Waals surface area contributed by atoms with Gasteiger partial charge in [0.1, 0.15) is 18.1 Å². The number of amides is 1. The molecule has 184 valence electrons. The van der Waals surface area contributed by atoms with Crippen LogP contribution in [0, 0.1) is 6.92 Å². The smallest absolute Gasteiger partial charge is 0.295 e. The number of aliphatic hydroxyl groups is 1. The van der Waals surface area contributed by atoms with E-state index in [4.69, 9.17) is 4.74 Å². The van der Waals surface area contributed by atoms with Crippen LogP contribution in [-0.4, -0.2) is 26.7 Å². The number of aliphatic hydroxyl groups excluding tert-OH is 1. The zero-order chi connectivity index (χ0) is 25.8. The van der Waals surface area contributed by atoms with Crippen LogP contribution in [0.15, 0.2) is 109 Å². The van der Waals surface area contributed by atoms with Gasteiger partial charge >= 0.3 is 0 Å². The van der Waals surface area contributed by atoms with Crippen molar-refractivity contribution in [1.29, 1.82) is 0 Å². The Morgan fingerprint density at radius 2 is 1.62 bits per heavy atom. The Morgan fingerprint density at radius 3 is 2.30 bits per heavy atom. The molecule has 1 fully saturated rings. The highest BCUT2D eigenvalue weighted by molar-refractivity contribution is 6.46. The van der Waals surface area contributed by atoms with Crippen LogP contribution in [0.3, 0.4) is 0 Å². The predicted octanol–water partition coefficient (Wildman–Crippen LogP) is 5.59. The van der Waals surface area contributed by atoms with Crippen LogP contribution in [0.5, 0.6) is 5.75 Å². The molecule has 2 heterocycles. The standard InChI is InChI=1S/C31H26N2O4/c1-21-17-25(37-20-22-9-4-2-5-10-22)14-15-26(21)29(34)27-28(24-12-6-3-7-13-24)33(31(36)30(27)35)19-23-11-8-16-32-18-23/h2-18,28,34H,19-20H2,1H3/t28-/m0/s1. The van der Waals surface area contributed by atoms with Crippen molar-refractivity contribution in [2.45, 2.75) is 26.1 Å². The third kappa shape index (κ3) is 5.00. The molecule has 0 radical (unpaired) electrons. The molecule has 4 aromatic rings. The van der Waals surface area contributed by atoms with Crippen LogP contribution in [0.4, 0.5) is 0 Å². The van der Waals surface area contributed by atoms with Crippen molar-refractivity contribution in [2.75, 3.05) is 0 Å². The lowest BCUT2D eigenvalue weighted by molar-refractivity contribution is -0.140. The van der Waals surface area contributed by atoms with Crippen molar-refractivity contribution < 1.29 is 19.4 Å². The zero-order valence-corrected chi connectivity index (χ0v) is 20.4. The summed E-state index contributed by atoms with van der Waals surface area (Å²) in [4.78, 5) is 32.1. The summed E-state index contributed by atoms with van der Waals surface area (Å²) < 4.78 is 5.91. The monoisotopic (exact) mass is 490 g/mol. The highest BCUT2D eigenvalue weighted by Crippen LogP contribution is 2.40. The first-order valence-electron chi connectivity index (χ1n) is 12.0. The number of hydrogen-bond donors (Lipinski definition) is 1. The fourth-order valence-electron chi connectivity index (χ4n) is 4.59. The molecule has 1 aromatic heterocycles. The van der Waals surface area contributed by atoms with E-state index in [1.54, 1.807) is 30.6 Å². The predicted molar refractivity (Wildman–Crippen MR) is 140 cm³/mol. The fourth-order valence-corrected chi connectivity index (χ4v) is 4.59. The molecule has 6 nitrogen and oxygen atoms in total. The lowest BCUT2D eigenvalue weighted by atomic mass is 9.94. The number of pyridine rings is 1. The first-order chi connectivity index (χ1) is 18.0. The average Bonchev–Trinajstić information content (AvgIpc) is 3.18. The van der Waals surface area contributed by atoms with Crippen LogP contribution in [0.1, 0.15) is 33.9 Å². The van der Waals surface area contributed by atoms with E-state index in [0.717, 1.165) is 22.3 Å². The highest BCUT2D eigenvalue weighted by Gasteiger charge is 2.46. The SMILES string of the molecule is Cc1cc(OCc2ccccc2)ccc1C(O)=C1C(=O)C(=O)N(Cc2cccnc2)[C@H]1c1ccccc1. The van der Waals surface area contributed by atoms with Gasteiger partial charge in [0.15, 0.2) is 0 Å². The van der Waals surface area contributed by atoms with Crippen molar-refractivity contribution in [3.63, 3.8) is 0 Å². The van der Waals surface area contributed by atoms with Gasteiger partial charge in [-0.05, 0) is 53.4 Å². The van der Waals surface area contributed by atoms with E-state index in [2.05, 4.69) is 4.98 Å². The van der Waals surface area contributed by atoms with E-state index >= 15 is 0 Å². The van der Waals surface area contributed by atoms with Gasteiger partial charge in [-0.15, -0.1) is 0 Å². The summed E-state index contributed by atoms with van der Waals surface area (Å²) in [5.41, 5.74) is 3.86. The summed E-state index contributed by atoms with van der Waals surface area (Å²) in [6.45, 7) is 2.45. The molecule has 1 aliphatic rings. The normalized spacial score (nSPS) is 16.7. The molecule has 6 heteroatoms. The minimum atomic E-state index is -0.727. The number of rotatable bonds is 7. The first kappa shape index (κ1) is 24.0. The Hall–Kier alpha value is -4.71. The third-order valence-corrected chi connectivity index (χ3v) is 6.43. The average molecular weight is 491 g/mol. The summed E-state index contributed by atoms with van der Waals surface area (Å²) >= 11 is 0. The van der Waals surface area contributed by atoms with Crippen molar-refractivity contribution in [2.24, 2.45) is 0 Å². The summed E-state index contributed by atoms with van der Waals surface area (Å²) in [6, 6.07) is 27.3. The van der Waals surface area contributed by atoms with Crippen LogP contribution in [0.2, 0.25) is 0 Å². The van der Waals surface area contributed by atoms with Gasteiger partial charge in [0.05, 0.1) is 11.6 Å². The van der Waals surface area contributed by atoms with Crippen LogP contribution in [0.25, 0.3) is 5.76 Å². The molecule has 1 atom stereocenters. The molecular weight excluding hydrogens is 464 g/mol. The van der Waals surface area contributed by atoms with Crippen LogP contribution < -0.4 is 4.74 Å². The number of ketones is 1. The van der Waals surface area contributed by atoms with Gasteiger partial charge < -0.3 is 14.7 Å². The Balaban J connectivity index is 1.51.